The quantitative estimate of drug-likeness (QED) is 0.890. The van der Waals surface area contributed by atoms with E-state index >= 15 is 0 Å². The van der Waals surface area contributed by atoms with Gasteiger partial charge in [0.05, 0.1) is 14.2 Å². The molecule has 112 valence electrons. The van der Waals surface area contributed by atoms with Crippen LogP contribution in [-0.4, -0.2) is 51.8 Å². The molecule has 1 aliphatic heterocycles. The summed E-state index contributed by atoms with van der Waals surface area (Å²) in [5.41, 5.74) is 3.65. The summed E-state index contributed by atoms with van der Waals surface area (Å²) in [5.74, 6) is 1.89. The van der Waals surface area contributed by atoms with E-state index in [2.05, 4.69) is 30.1 Å². The Morgan fingerprint density at radius 3 is 2.45 bits per heavy atom. The number of piperazine rings is 1. The summed E-state index contributed by atoms with van der Waals surface area (Å²) >= 11 is 0. The van der Waals surface area contributed by atoms with Crippen LogP contribution in [0.1, 0.15) is 16.7 Å². The van der Waals surface area contributed by atoms with Crippen molar-refractivity contribution >= 4 is 0 Å². The molecular weight excluding hydrogens is 252 g/mol. The van der Waals surface area contributed by atoms with E-state index in [9.17, 15) is 0 Å². The van der Waals surface area contributed by atoms with Crippen molar-refractivity contribution in [3.8, 4) is 11.5 Å². The van der Waals surface area contributed by atoms with Crippen molar-refractivity contribution in [1.82, 2.24) is 10.2 Å². The summed E-state index contributed by atoms with van der Waals surface area (Å²) < 4.78 is 11.0. The van der Waals surface area contributed by atoms with Crippen molar-refractivity contribution in [2.75, 3.05) is 46.9 Å². The van der Waals surface area contributed by atoms with Crippen molar-refractivity contribution in [3.63, 3.8) is 0 Å². The smallest absolute Gasteiger partial charge is 0.128 e. The van der Waals surface area contributed by atoms with Crippen LogP contribution < -0.4 is 14.8 Å². The molecule has 0 bridgehead atoms. The average Bonchev–Trinajstić information content (AvgIpc) is 2.48. The van der Waals surface area contributed by atoms with Gasteiger partial charge in [-0.1, -0.05) is 0 Å². The number of hydrogen-bond acceptors (Lipinski definition) is 4. The predicted octanol–water partition coefficient (Wildman–Crippen LogP) is 1.77. The molecule has 0 unspecified atom stereocenters. The average molecular weight is 278 g/mol. The molecule has 1 aromatic carbocycles. The first-order valence-corrected chi connectivity index (χ1v) is 7.31. The first kappa shape index (κ1) is 15.1. The minimum absolute atomic E-state index is 0.908. The number of benzene rings is 1. The minimum atomic E-state index is 0.908. The minimum Gasteiger partial charge on any atom is -0.496 e. The van der Waals surface area contributed by atoms with Crippen molar-refractivity contribution in [2.24, 2.45) is 0 Å². The first-order valence-electron chi connectivity index (χ1n) is 7.31. The molecule has 1 aliphatic rings. The van der Waals surface area contributed by atoms with Gasteiger partial charge in [-0.25, -0.2) is 0 Å². The fraction of sp³-hybridized carbons (Fsp3) is 0.625. The van der Waals surface area contributed by atoms with E-state index in [1.807, 2.05) is 0 Å². The van der Waals surface area contributed by atoms with Crippen LogP contribution >= 0.6 is 0 Å². The van der Waals surface area contributed by atoms with Gasteiger partial charge in [-0.05, 0) is 37.5 Å². The van der Waals surface area contributed by atoms with E-state index in [4.69, 9.17) is 9.47 Å². The zero-order valence-electron chi connectivity index (χ0n) is 13.1. The number of nitrogens with one attached hydrogen (secondary N) is 1. The SMILES string of the molecule is COc1cc(C)c(CCN2CCNCC2)c(OC)c1C. The molecule has 4 heteroatoms. The Bertz CT molecular complexity index is 454. The fourth-order valence-corrected chi connectivity index (χ4v) is 2.91. The Balaban J connectivity index is 2.15. The number of ether oxygens (including phenoxy) is 2. The van der Waals surface area contributed by atoms with Gasteiger partial charge in [0.25, 0.3) is 0 Å². The topological polar surface area (TPSA) is 33.7 Å². The Morgan fingerprint density at radius 1 is 1.15 bits per heavy atom. The highest BCUT2D eigenvalue weighted by Crippen LogP contribution is 2.34. The Kier molecular flexibility index (Phi) is 5.26. The standard InChI is InChI=1S/C16H26N2O2/c1-12-11-15(19-3)13(2)16(20-4)14(12)5-8-18-9-6-17-7-10-18/h11,17H,5-10H2,1-4H3. The summed E-state index contributed by atoms with van der Waals surface area (Å²) in [6.07, 6.45) is 1.03. The highest BCUT2D eigenvalue weighted by molar-refractivity contribution is 5.53. The summed E-state index contributed by atoms with van der Waals surface area (Å²) in [4.78, 5) is 2.51. The van der Waals surface area contributed by atoms with Crippen molar-refractivity contribution in [1.29, 1.82) is 0 Å². The van der Waals surface area contributed by atoms with E-state index < -0.39 is 0 Å². The third-order valence-electron chi connectivity index (χ3n) is 4.12. The van der Waals surface area contributed by atoms with Crippen LogP contribution in [0.2, 0.25) is 0 Å². The molecule has 0 atom stereocenters. The van der Waals surface area contributed by atoms with Gasteiger partial charge >= 0.3 is 0 Å². The van der Waals surface area contributed by atoms with Crippen LogP contribution in [0.4, 0.5) is 0 Å². The lowest BCUT2D eigenvalue weighted by Crippen LogP contribution is -2.44. The van der Waals surface area contributed by atoms with Crippen LogP contribution in [-0.2, 0) is 6.42 Å². The maximum Gasteiger partial charge on any atom is 0.128 e. The van der Waals surface area contributed by atoms with Gasteiger partial charge in [-0.15, -0.1) is 0 Å². The number of hydrogen-bond donors (Lipinski definition) is 1. The van der Waals surface area contributed by atoms with Crippen LogP contribution in [0.5, 0.6) is 11.5 Å². The zero-order chi connectivity index (χ0) is 14.5. The molecule has 0 spiro atoms. The lowest BCUT2D eigenvalue weighted by atomic mass is 9.99. The van der Waals surface area contributed by atoms with Gasteiger partial charge in [0.1, 0.15) is 11.5 Å². The van der Waals surface area contributed by atoms with Crippen LogP contribution in [0.25, 0.3) is 0 Å². The van der Waals surface area contributed by atoms with E-state index in [0.29, 0.717) is 0 Å². The van der Waals surface area contributed by atoms with Gasteiger partial charge in [0, 0.05) is 38.3 Å². The highest BCUT2D eigenvalue weighted by atomic mass is 16.5. The van der Waals surface area contributed by atoms with Crippen molar-refractivity contribution in [2.45, 2.75) is 20.3 Å². The van der Waals surface area contributed by atoms with E-state index in [0.717, 1.165) is 56.2 Å². The molecule has 1 saturated heterocycles. The molecule has 0 radical (unpaired) electrons. The van der Waals surface area contributed by atoms with Gasteiger partial charge in [-0.3, -0.25) is 0 Å². The molecule has 1 N–H and O–H groups in total. The number of methoxy groups -OCH3 is 2. The third-order valence-corrected chi connectivity index (χ3v) is 4.12. The third kappa shape index (κ3) is 3.25. The first-order chi connectivity index (χ1) is 9.67. The summed E-state index contributed by atoms with van der Waals surface area (Å²) in [6, 6.07) is 2.12. The van der Waals surface area contributed by atoms with E-state index in [-0.39, 0.29) is 0 Å². The van der Waals surface area contributed by atoms with E-state index in [1.165, 1.54) is 11.1 Å². The molecule has 0 aliphatic carbocycles. The molecule has 0 aromatic heterocycles. The van der Waals surface area contributed by atoms with Crippen LogP contribution in [0.15, 0.2) is 6.07 Å². The number of rotatable bonds is 5. The van der Waals surface area contributed by atoms with Gasteiger partial charge in [-0.2, -0.15) is 0 Å². The molecule has 2 rings (SSSR count). The van der Waals surface area contributed by atoms with Crippen LogP contribution in [0, 0.1) is 13.8 Å². The van der Waals surface area contributed by atoms with Gasteiger partial charge in [0.15, 0.2) is 0 Å². The normalized spacial score (nSPS) is 16.2. The number of aryl methyl sites for hydroxylation is 1. The molecule has 1 heterocycles. The Labute approximate surface area is 122 Å². The van der Waals surface area contributed by atoms with Crippen LogP contribution in [0.3, 0.4) is 0 Å². The Morgan fingerprint density at radius 2 is 1.85 bits per heavy atom. The molecule has 1 aromatic rings. The Hall–Kier alpha value is -1.26. The maximum atomic E-state index is 5.63. The summed E-state index contributed by atoms with van der Waals surface area (Å²) in [6.45, 7) is 9.75. The lowest BCUT2D eigenvalue weighted by Gasteiger charge is -2.28. The van der Waals surface area contributed by atoms with Gasteiger partial charge < -0.3 is 19.7 Å². The monoisotopic (exact) mass is 278 g/mol. The van der Waals surface area contributed by atoms with Crippen molar-refractivity contribution in [3.05, 3.63) is 22.8 Å². The van der Waals surface area contributed by atoms with Gasteiger partial charge in [0.2, 0.25) is 0 Å². The van der Waals surface area contributed by atoms with Crippen molar-refractivity contribution < 1.29 is 9.47 Å². The number of nitrogens with zero attached hydrogens (tertiary/aromatic N) is 1. The molecule has 4 nitrogen and oxygen atoms in total. The maximum absolute atomic E-state index is 5.63. The molecular formula is C16H26N2O2. The second-order valence-electron chi connectivity index (χ2n) is 5.37. The highest BCUT2D eigenvalue weighted by Gasteiger charge is 2.16. The second-order valence-corrected chi connectivity index (χ2v) is 5.37. The molecule has 0 saturated carbocycles. The second kappa shape index (κ2) is 6.95. The zero-order valence-corrected chi connectivity index (χ0v) is 13.1. The molecule has 20 heavy (non-hydrogen) atoms. The van der Waals surface area contributed by atoms with E-state index in [1.54, 1.807) is 14.2 Å². The molecule has 1 fully saturated rings. The lowest BCUT2D eigenvalue weighted by molar-refractivity contribution is 0.243. The fourth-order valence-electron chi connectivity index (χ4n) is 2.91. The molecule has 0 amide bonds. The summed E-state index contributed by atoms with van der Waals surface area (Å²) in [5, 5.41) is 3.39. The summed E-state index contributed by atoms with van der Waals surface area (Å²) in [7, 11) is 3.46. The predicted molar refractivity (Wildman–Crippen MR) is 82.0 cm³/mol. The largest absolute Gasteiger partial charge is 0.496 e.